The molecule has 1 aliphatic heterocycles. The summed E-state index contributed by atoms with van der Waals surface area (Å²) in [5, 5.41) is 18.6. The number of aromatic hydroxyl groups is 1. The SMILES string of the molecule is O=C(COc1ccc(/C=N\NC(=O)c2cc3ccccc3cc2O)cc1)NC[C@@H]1CCCO1. The lowest BCUT2D eigenvalue weighted by atomic mass is 10.1. The number of hydrogen-bond acceptors (Lipinski definition) is 6. The number of carbonyl (C=O) groups excluding carboxylic acids is 2. The third-order valence-corrected chi connectivity index (χ3v) is 5.29. The minimum Gasteiger partial charge on any atom is -0.507 e. The summed E-state index contributed by atoms with van der Waals surface area (Å²) >= 11 is 0. The van der Waals surface area contributed by atoms with E-state index in [2.05, 4.69) is 15.8 Å². The summed E-state index contributed by atoms with van der Waals surface area (Å²) in [6.45, 7) is 1.17. The Kier molecular flexibility index (Phi) is 7.16. The standard InChI is InChI=1S/C25H25N3O5/c29-23-13-19-5-2-1-4-18(19)12-22(23)25(31)28-27-14-17-7-9-20(10-8-17)33-16-24(30)26-15-21-6-3-11-32-21/h1-2,4-5,7-10,12-14,21,29H,3,6,11,15-16H2,(H,26,30)(H,28,31)/b27-14-/t21-/m0/s1. The normalized spacial score (nSPS) is 15.6. The number of nitrogens with zero attached hydrogens (tertiary/aromatic N) is 1. The molecule has 33 heavy (non-hydrogen) atoms. The first-order chi connectivity index (χ1) is 16.1. The molecule has 0 aliphatic carbocycles. The molecule has 0 radical (unpaired) electrons. The lowest BCUT2D eigenvalue weighted by Gasteiger charge is -2.11. The number of ether oxygens (including phenoxy) is 2. The quantitative estimate of drug-likeness (QED) is 0.363. The van der Waals surface area contributed by atoms with Crippen LogP contribution in [0.5, 0.6) is 11.5 Å². The molecule has 3 N–H and O–H groups in total. The van der Waals surface area contributed by atoms with Gasteiger partial charge >= 0.3 is 0 Å². The number of amides is 2. The molecule has 8 nitrogen and oxygen atoms in total. The molecule has 1 saturated heterocycles. The van der Waals surface area contributed by atoms with Gasteiger partial charge in [0.1, 0.15) is 11.5 Å². The van der Waals surface area contributed by atoms with Gasteiger partial charge in [0.15, 0.2) is 6.61 Å². The fourth-order valence-electron chi connectivity index (χ4n) is 3.52. The van der Waals surface area contributed by atoms with Crippen LogP contribution >= 0.6 is 0 Å². The lowest BCUT2D eigenvalue weighted by Crippen LogP contribution is -2.35. The van der Waals surface area contributed by atoms with Crippen LogP contribution in [0.15, 0.2) is 65.8 Å². The molecule has 0 spiro atoms. The predicted molar refractivity (Wildman–Crippen MR) is 125 cm³/mol. The van der Waals surface area contributed by atoms with Crippen LogP contribution in [-0.2, 0) is 9.53 Å². The zero-order chi connectivity index (χ0) is 23.0. The molecule has 4 rings (SSSR count). The van der Waals surface area contributed by atoms with Gasteiger partial charge in [-0.1, -0.05) is 24.3 Å². The Labute approximate surface area is 191 Å². The Balaban J connectivity index is 1.25. The Morgan fingerprint density at radius 3 is 2.61 bits per heavy atom. The van der Waals surface area contributed by atoms with Gasteiger partial charge in [0.2, 0.25) is 0 Å². The third kappa shape index (κ3) is 6.08. The van der Waals surface area contributed by atoms with Crippen molar-refractivity contribution in [2.45, 2.75) is 18.9 Å². The van der Waals surface area contributed by atoms with E-state index in [4.69, 9.17) is 9.47 Å². The maximum atomic E-state index is 12.4. The van der Waals surface area contributed by atoms with Crippen molar-refractivity contribution in [3.63, 3.8) is 0 Å². The zero-order valence-corrected chi connectivity index (χ0v) is 18.0. The summed E-state index contributed by atoms with van der Waals surface area (Å²) in [7, 11) is 0. The van der Waals surface area contributed by atoms with Gasteiger partial charge < -0.3 is 19.9 Å². The van der Waals surface area contributed by atoms with Crippen LogP contribution < -0.4 is 15.5 Å². The molecule has 1 atom stereocenters. The number of benzene rings is 3. The second-order valence-corrected chi connectivity index (χ2v) is 7.71. The Morgan fingerprint density at radius 2 is 1.88 bits per heavy atom. The van der Waals surface area contributed by atoms with E-state index in [-0.39, 0.29) is 29.9 Å². The number of phenols is 1. The monoisotopic (exact) mass is 447 g/mol. The van der Waals surface area contributed by atoms with Gasteiger partial charge in [-0.15, -0.1) is 0 Å². The minimum absolute atomic E-state index is 0.0779. The predicted octanol–water partition coefficient (Wildman–Crippen LogP) is 2.98. The summed E-state index contributed by atoms with van der Waals surface area (Å²) in [5.41, 5.74) is 3.30. The Hall–Kier alpha value is -3.91. The molecular formula is C25H25N3O5. The highest BCUT2D eigenvalue weighted by Crippen LogP contribution is 2.24. The highest BCUT2D eigenvalue weighted by molar-refractivity contribution is 6.01. The molecule has 0 saturated carbocycles. The van der Waals surface area contributed by atoms with Crippen LogP contribution in [0.25, 0.3) is 10.8 Å². The maximum absolute atomic E-state index is 12.4. The van der Waals surface area contributed by atoms with Gasteiger partial charge in [0, 0.05) is 13.2 Å². The van der Waals surface area contributed by atoms with Crippen LogP contribution in [0.1, 0.15) is 28.8 Å². The molecule has 3 aromatic rings. The summed E-state index contributed by atoms with van der Waals surface area (Å²) in [6, 6.07) is 17.6. The smallest absolute Gasteiger partial charge is 0.275 e. The van der Waals surface area contributed by atoms with Crippen LogP contribution in [-0.4, -0.2) is 49.0 Å². The highest BCUT2D eigenvalue weighted by Gasteiger charge is 2.16. The molecular weight excluding hydrogens is 422 g/mol. The molecule has 1 heterocycles. The Morgan fingerprint density at radius 1 is 1.12 bits per heavy atom. The second kappa shape index (κ2) is 10.6. The first-order valence-corrected chi connectivity index (χ1v) is 10.7. The van der Waals surface area contributed by atoms with Crippen LogP contribution in [0.4, 0.5) is 0 Å². The number of hydrazone groups is 1. The van der Waals surface area contributed by atoms with E-state index in [1.807, 2.05) is 24.3 Å². The highest BCUT2D eigenvalue weighted by atomic mass is 16.5. The van der Waals surface area contributed by atoms with E-state index in [0.29, 0.717) is 12.3 Å². The van der Waals surface area contributed by atoms with Gasteiger partial charge in [0.05, 0.1) is 17.9 Å². The van der Waals surface area contributed by atoms with E-state index >= 15 is 0 Å². The number of phenolic OH excluding ortho intramolecular Hbond substituents is 1. The molecule has 1 aliphatic rings. The Bertz CT molecular complexity index is 1150. The fraction of sp³-hybridized carbons (Fsp3) is 0.240. The summed E-state index contributed by atoms with van der Waals surface area (Å²) in [6.07, 6.45) is 3.57. The van der Waals surface area contributed by atoms with Crippen molar-refractivity contribution < 1.29 is 24.2 Å². The molecule has 2 amide bonds. The van der Waals surface area contributed by atoms with Gasteiger partial charge in [-0.2, -0.15) is 5.10 Å². The van der Waals surface area contributed by atoms with Crippen molar-refractivity contribution >= 4 is 28.8 Å². The molecule has 0 unspecified atom stereocenters. The molecule has 1 fully saturated rings. The summed E-state index contributed by atoms with van der Waals surface area (Å²) in [5.74, 6) is -0.272. The average Bonchev–Trinajstić information content (AvgIpc) is 3.35. The number of rotatable bonds is 8. The number of carbonyl (C=O) groups is 2. The van der Waals surface area contributed by atoms with Gasteiger partial charge in [0.25, 0.3) is 11.8 Å². The number of nitrogens with one attached hydrogen (secondary N) is 2. The zero-order valence-electron chi connectivity index (χ0n) is 18.0. The largest absolute Gasteiger partial charge is 0.507 e. The molecule has 0 bridgehead atoms. The third-order valence-electron chi connectivity index (χ3n) is 5.29. The average molecular weight is 447 g/mol. The van der Waals surface area contributed by atoms with Gasteiger partial charge in [-0.05, 0) is 65.6 Å². The summed E-state index contributed by atoms with van der Waals surface area (Å²) in [4.78, 5) is 24.3. The van der Waals surface area contributed by atoms with E-state index in [1.54, 1.807) is 36.4 Å². The molecule has 8 heteroatoms. The van der Waals surface area contributed by atoms with Crippen molar-refractivity contribution in [2.75, 3.05) is 19.8 Å². The second-order valence-electron chi connectivity index (χ2n) is 7.71. The minimum atomic E-state index is -0.511. The van der Waals surface area contributed by atoms with E-state index in [1.165, 1.54) is 6.21 Å². The van der Waals surface area contributed by atoms with Gasteiger partial charge in [-0.25, -0.2) is 5.43 Å². The van der Waals surface area contributed by atoms with Crippen LogP contribution in [0.3, 0.4) is 0 Å². The van der Waals surface area contributed by atoms with Crippen LogP contribution in [0.2, 0.25) is 0 Å². The maximum Gasteiger partial charge on any atom is 0.275 e. The first-order valence-electron chi connectivity index (χ1n) is 10.7. The van der Waals surface area contributed by atoms with Gasteiger partial charge in [-0.3, -0.25) is 9.59 Å². The number of fused-ring (bicyclic) bond motifs is 1. The number of hydrogen-bond donors (Lipinski definition) is 3. The van der Waals surface area contributed by atoms with Crippen LogP contribution in [0, 0.1) is 0 Å². The molecule has 170 valence electrons. The van der Waals surface area contributed by atoms with E-state index in [0.717, 1.165) is 35.8 Å². The van der Waals surface area contributed by atoms with E-state index in [9.17, 15) is 14.7 Å². The molecule has 3 aromatic carbocycles. The van der Waals surface area contributed by atoms with Crippen molar-refractivity contribution in [3.05, 3.63) is 71.8 Å². The molecule has 0 aromatic heterocycles. The topological polar surface area (TPSA) is 109 Å². The van der Waals surface area contributed by atoms with Crippen molar-refractivity contribution in [3.8, 4) is 11.5 Å². The summed E-state index contributed by atoms with van der Waals surface area (Å²) < 4.78 is 11.0. The van der Waals surface area contributed by atoms with E-state index < -0.39 is 5.91 Å². The fourth-order valence-corrected chi connectivity index (χ4v) is 3.52. The van der Waals surface area contributed by atoms with Crippen molar-refractivity contribution in [1.82, 2.24) is 10.7 Å². The lowest BCUT2D eigenvalue weighted by molar-refractivity contribution is -0.123. The van der Waals surface area contributed by atoms with Crippen molar-refractivity contribution in [2.24, 2.45) is 5.10 Å². The first kappa shape index (κ1) is 22.3. The van der Waals surface area contributed by atoms with Crippen molar-refractivity contribution in [1.29, 1.82) is 0 Å².